The van der Waals surface area contributed by atoms with E-state index in [0.717, 1.165) is 67.0 Å². The van der Waals surface area contributed by atoms with Crippen LogP contribution in [0.2, 0.25) is 0 Å². The molecule has 2 aliphatic heterocycles. The smallest absolute Gasteiger partial charge is 0.228 e. The summed E-state index contributed by atoms with van der Waals surface area (Å²) in [4.78, 5) is 13.9. The lowest BCUT2D eigenvalue weighted by Gasteiger charge is -2.31. The molecule has 2 aromatic carbocycles. The summed E-state index contributed by atoms with van der Waals surface area (Å²) in [6, 6.07) is 10.4. The van der Waals surface area contributed by atoms with Crippen LogP contribution in [0.4, 0.5) is 10.1 Å². The maximum Gasteiger partial charge on any atom is 0.228 e. The number of carbonyl (C=O) groups is 1. The van der Waals surface area contributed by atoms with Gasteiger partial charge in [0, 0.05) is 35.7 Å². The third-order valence-corrected chi connectivity index (χ3v) is 6.03. The van der Waals surface area contributed by atoms with Gasteiger partial charge in [-0.2, -0.15) is 0 Å². The molecule has 0 atom stereocenters. The Kier molecular flexibility index (Phi) is 5.12. The van der Waals surface area contributed by atoms with Crippen molar-refractivity contribution < 1.29 is 18.4 Å². The Bertz CT molecular complexity index is 1070. The lowest BCUT2D eigenvalue weighted by Crippen LogP contribution is -2.34. The van der Waals surface area contributed by atoms with Gasteiger partial charge in [0.1, 0.15) is 11.6 Å². The Labute approximate surface area is 174 Å². The summed E-state index contributed by atoms with van der Waals surface area (Å²) in [5, 5.41) is 7.99. The number of piperidine rings is 1. The molecule has 1 aromatic heterocycles. The number of rotatable bonds is 6. The SMILES string of the molecule is O=C1Cc2ccc(OCCCN3CCC(c4noc5cc(F)ccc45)CC3)cc2N1. The van der Waals surface area contributed by atoms with Crippen LogP contribution in [0.3, 0.4) is 0 Å². The van der Waals surface area contributed by atoms with Crippen molar-refractivity contribution >= 4 is 22.6 Å². The van der Waals surface area contributed by atoms with Crippen molar-refractivity contribution in [1.29, 1.82) is 0 Å². The molecular weight excluding hydrogens is 385 g/mol. The molecule has 6 nitrogen and oxygen atoms in total. The number of anilines is 1. The number of fused-ring (bicyclic) bond motifs is 2. The van der Waals surface area contributed by atoms with E-state index in [2.05, 4.69) is 15.4 Å². The van der Waals surface area contributed by atoms with Crippen LogP contribution in [0.15, 0.2) is 40.9 Å². The van der Waals surface area contributed by atoms with Crippen LogP contribution in [0.25, 0.3) is 11.0 Å². The number of nitrogens with one attached hydrogen (secondary N) is 1. The van der Waals surface area contributed by atoms with Crippen LogP contribution < -0.4 is 10.1 Å². The minimum atomic E-state index is -0.299. The van der Waals surface area contributed by atoms with Crippen LogP contribution in [0, 0.1) is 5.82 Å². The topological polar surface area (TPSA) is 67.6 Å². The minimum Gasteiger partial charge on any atom is -0.493 e. The van der Waals surface area contributed by atoms with Crippen molar-refractivity contribution in [3.63, 3.8) is 0 Å². The molecule has 1 N–H and O–H groups in total. The molecule has 0 aliphatic carbocycles. The molecule has 0 unspecified atom stereocenters. The summed E-state index contributed by atoms with van der Waals surface area (Å²) in [5.41, 5.74) is 3.37. The van der Waals surface area contributed by atoms with Crippen LogP contribution in [0.5, 0.6) is 5.75 Å². The summed E-state index contributed by atoms with van der Waals surface area (Å²) in [6.07, 6.45) is 3.43. The first-order valence-electron chi connectivity index (χ1n) is 10.5. The van der Waals surface area contributed by atoms with Crippen LogP contribution in [-0.4, -0.2) is 42.2 Å². The monoisotopic (exact) mass is 409 g/mol. The fraction of sp³-hybridized carbons (Fsp3) is 0.391. The van der Waals surface area contributed by atoms with E-state index in [4.69, 9.17) is 9.26 Å². The highest BCUT2D eigenvalue weighted by Gasteiger charge is 2.25. The minimum absolute atomic E-state index is 0.0383. The van der Waals surface area contributed by atoms with Gasteiger partial charge in [0.25, 0.3) is 0 Å². The zero-order valence-electron chi connectivity index (χ0n) is 16.7. The van der Waals surface area contributed by atoms with E-state index >= 15 is 0 Å². The zero-order valence-corrected chi connectivity index (χ0v) is 16.7. The fourth-order valence-electron chi connectivity index (χ4n) is 4.42. The average molecular weight is 409 g/mol. The molecule has 0 radical (unpaired) electrons. The Morgan fingerprint density at radius 2 is 2.07 bits per heavy atom. The quantitative estimate of drug-likeness (QED) is 0.621. The average Bonchev–Trinajstić information content (AvgIpc) is 3.33. The predicted octanol–water partition coefficient (Wildman–Crippen LogP) is 4.11. The maximum atomic E-state index is 13.3. The van der Waals surface area contributed by atoms with Gasteiger partial charge in [-0.3, -0.25) is 4.79 Å². The van der Waals surface area contributed by atoms with Gasteiger partial charge in [-0.1, -0.05) is 11.2 Å². The molecule has 5 rings (SSSR count). The first-order valence-corrected chi connectivity index (χ1v) is 10.5. The van der Waals surface area contributed by atoms with E-state index in [1.54, 1.807) is 6.07 Å². The Morgan fingerprint density at radius 1 is 1.20 bits per heavy atom. The Morgan fingerprint density at radius 3 is 2.93 bits per heavy atom. The summed E-state index contributed by atoms with van der Waals surface area (Å²) in [6.45, 7) is 3.64. The largest absolute Gasteiger partial charge is 0.493 e. The lowest BCUT2D eigenvalue weighted by molar-refractivity contribution is -0.115. The van der Waals surface area contributed by atoms with E-state index in [-0.39, 0.29) is 11.7 Å². The van der Waals surface area contributed by atoms with Crippen molar-refractivity contribution in [3.8, 4) is 5.75 Å². The standard InChI is InChI=1S/C23H24FN3O3/c24-17-3-5-19-21(13-17)30-26-23(19)15-6-9-27(10-7-15)8-1-11-29-18-4-2-16-12-22(28)25-20(16)14-18/h2-5,13-15H,1,6-12H2,(H,25,28). The zero-order chi connectivity index (χ0) is 20.5. The molecule has 0 spiro atoms. The van der Waals surface area contributed by atoms with Crippen LogP contribution in [-0.2, 0) is 11.2 Å². The predicted molar refractivity (Wildman–Crippen MR) is 111 cm³/mol. The second-order valence-electron chi connectivity index (χ2n) is 8.07. The lowest BCUT2D eigenvalue weighted by atomic mass is 9.91. The van der Waals surface area contributed by atoms with Gasteiger partial charge in [0.05, 0.1) is 18.7 Å². The third-order valence-electron chi connectivity index (χ3n) is 6.03. The van der Waals surface area contributed by atoms with Gasteiger partial charge in [-0.15, -0.1) is 0 Å². The van der Waals surface area contributed by atoms with Gasteiger partial charge in [-0.05, 0) is 56.1 Å². The number of hydrogen-bond donors (Lipinski definition) is 1. The number of aromatic nitrogens is 1. The molecule has 1 amide bonds. The number of likely N-dealkylation sites (tertiary alicyclic amines) is 1. The molecule has 2 aliphatic rings. The van der Waals surface area contributed by atoms with E-state index in [9.17, 15) is 9.18 Å². The van der Waals surface area contributed by atoms with Crippen LogP contribution >= 0.6 is 0 Å². The number of ether oxygens (including phenoxy) is 1. The summed E-state index contributed by atoms with van der Waals surface area (Å²) < 4.78 is 24.5. The second kappa shape index (κ2) is 8.07. The van der Waals surface area contributed by atoms with Crippen molar-refractivity contribution in [2.24, 2.45) is 0 Å². The highest BCUT2D eigenvalue weighted by molar-refractivity contribution is 5.99. The molecule has 30 heavy (non-hydrogen) atoms. The molecule has 7 heteroatoms. The van der Waals surface area contributed by atoms with Crippen LogP contribution in [0.1, 0.15) is 36.4 Å². The first kappa shape index (κ1) is 19.1. The molecule has 1 fully saturated rings. The second-order valence-corrected chi connectivity index (χ2v) is 8.07. The number of hydrogen-bond acceptors (Lipinski definition) is 5. The summed E-state index contributed by atoms with van der Waals surface area (Å²) >= 11 is 0. The number of nitrogens with zero attached hydrogens (tertiary/aromatic N) is 2. The normalized spacial score (nSPS) is 17.3. The van der Waals surface area contributed by atoms with Gasteiger partial charge in [0.15, 0.2) is 5.58 Å². The molecule has 3 heterocycles. The molecule has 3 aromatic rings. The first-order chi connectivity index (χ1) is 14.7. The van der Waals surface area contributed by atoms with Gasteiger partial charge in [0.2, 0.25) is 5.91 Å². The van der Waals surface area contributed by atoms with Gasteiger partial charge < -0.3 is 19.5 Å². The summed E-state index contributed by atoms with van der Waals surface area (Å²) in [5.74, 6) is 0.887. The third kappa shape index (κ3) is 3.89. The van der Waals surface area contributed by atoms with Crippen molar-refractivity contribution in [2.45, 2.75) is 31.6 Å². The highest BCUT2D eigenvalue weighted by Crippen LogP contribution is 2.33. The van der Waals surface area contributed by atoms with Gasteiger partial charge in [-0.25, -0.2) is 4.39 Å². The number of amides is 1. The number of carbonyl (C=O) groups excluding carboxylic acids is 1. The molecule has 156 valence electrons. The maximum absolute atomic E-state index is 13.3. The Balaban J connectivity index is 1.08. The molecule has 1 saturated heterocycles. The van der Waals surface area contributed by atoms with Crippen molar-refractivity contribution in [3.05, 3.63) is 53.5 Å². The molecule has 0 saturated carbocycles. The summed E-state index contributed by atoms with van der Waals surface area (Å²) in [7, 11) is 0. The number of benzene rings is 2. The Hall–Kier alpha value is -2.93. The van der Waals surface area contributed by atoms with Gasteiger partial charge >= 0.3 is 0 Å². The molecular formula is C23H24FN3O3. The molecule has 0 bridgehead atoms. The van der Waals surface area contributed by atoms with E-state index in [0.29, 0.717) is 24.5 Å². The van der Waals surface area contributed by atoms with E-state index in [1.165, 1.54) is 12.1 Å². The highest BCUT2D eigenvalue weighted by atomic mass is 19.1. The van der Waals surface area contributed by atoms with Crippen molar-refractivity contribution in [1.82, 2.24) is 10.1 Å². The number of halogens is 1. The fourth-order valence-corrected chi connectivity index (χ4v) is 4.42. The van der Waals surface area contributed by atoms with E-state index in [1.807, 2.05) is 18.2 Å². The van der Waals surface area contributed by atoms with Crippen molar-refractivity contribution in [2.75, 3.05) is 31.6 Å². The van der Waals surface area contributed by atoms with E-state index < -0.39 is 0 Å².